The van der Waals surface area contributed by atoms with Crippen LogP contribution in [0.1, 0.15) is 36.8 Å². The topological polar surface area (TPSA) is 118 Å². The standard InChI is InChI=1S/C17H22N4O3.C2HF3O2/c1-2-3-8-19-17(22)21-9-6-16-14(11-21)15(20-24-16)12-23-13-5-4-7-18-10-13;3-2(4,5)1(6)7/h4-5,7,10H,2-3,6,8-9,11-12H2,1H3,(H,19,22);(H,6,7). The minimum Gasteiger partial charge on any atom is -0.486 e. The monoisotopic (exact) mass is 444 g/mol. The maximum Gasteiger partial charge on any atom is 0.490 e. The largest absolute Gasteiger partial charge is 0.490 e. The molecule has 0 aliphatic carbocycles. The maximum absolute atomic E-state index is 12.2. The average Bonchev–Trinajstić information content (AvgIpc) is 3.15. The lowest BCUT2D eigenvalue weighted by Gasteiger charge is -2.26. The first-order valence-corrected chi connectivity index (χ1v) is 9.54. The number of nitrogens with zero attached hydrogens (tertiary/aromatic N) is 3. The molecule has 0 saturated heterocycles. The Labute approximate surface area is 176 Å². The first kappa shape index (κ1) is 24.0. The van der Waals surface area contributed by atoms with E-state index in [4.69, 9.17) is 19.2 Å². The molecule has 3 heterocycles. The summed E-state index contributed by atoms with van der Waals surface area (Å²) in [6.45, 7) is 4.26. The van der Waals surface area contributed by atoms with Gasteiger partial charge in [0.05, 0.1) is 12.7 Å². The van der Waals surface area contributed by atoms with Gasteiger partial charge in [-0.2, -0.15) is 13.2 Å². The molecule has 0 radical (unpaired) electrons. The molecule has 31 heavy (non-hydrogen) atoms. The van der Waals surface area contributed by atoms with Gasteiger partial charge in [0.2, 0.25) is 0 Å². The van der Waals surface area contributed by atoms with Gasteiger partial charge in [-0.25, -0.2) is 9.59 Å². The fraction of sp³-hybridized carbons (Fsp3) is 0.474. The van der Waals surface area contributed by atoms with Crippen LogP contribution in [0.5, 0.6) is 5.75 Å². The molecule has 0 fully saturated rings. The van der Waals surface area contributed by atoms with Gasteiger partial charge in [0, 0.05) is 31.3 Å². The molecule has 2 aromatic rings. The molecule has 0 aromatic carbocycles. The highest BCUT2D eigenvalue weighted by Gasteiger charge is 2.38. The summed E-state index contributed by atoms with van der Waals surface area (Å²) in [5.41, 5.74) is 1.69. The highest BCUT2D eigenvalue weighted by atomic mass is 19.4. The number of aromatic nitrogens is 2. The third-order valence-corrected chi connectivity index (χ3v) is 4.25. The molecular formula is C19H23F3N4O5. The normalized spacial score (nSPS) is 13.0. The number of amides is 2. The number of halogens is 3. The predicted molar refractivity (Wildman–Crippen MR) is 101 cm³/mol. The van der Waals surface area contributed by atoms with Gasteiger partial charge < -0.3 is 24.6 Å². The van der Waals surface area contributed by atoms with Crippen LogP contribution in [0.15, 0.2) is 29.0 Å². The number of carboxylic acids is 1. The van der Waals surface area contributed by atoms with Crippen LogP contribution in [-0.4, -0.2) is 51.4 Å². The predicted octanol–water partition coefficient (Wildman–Crippen LogP) is 3.15. The van der Waals surface area contributed by atoms with Gasteiger partial charge in [0.25, 0.3) is 0 Å². The van der Waals surface area contributed by atoms with Gasteiger partial charge in [-0.05, 0) is 18.6 Å². The molecule has 3 rings (SSSR count). The molecular weight excluding hydrogens is 421 g/mol. The number of alkyl halides is 3. The third kappa shape index (κ3) is 7.46. The Morgan fingerprint density at radius 2 is 2.13 bits per heavy atom. The summed E-state index contributed by atoms with van der Waals surface area (Å²) in [6, 6.07) is 3.62. The number of carbonyl (C=O) groups is 2. The molecule has 2 aromatic heterocycles. The lowest BCUT2D eigenvalue weighted by atomic mass is 10.1. The molecule has 2 N–H and O–H groups in total. The van der Waals surface area contributed by atoms with E-state index in [0.717, 1.165) is 29.9 Å². The molecule has 0 spiro atoms. The summed E-state index contributed by atoms with van der Waals surface area (Å²) in [6.07, 6.45) is 0.991. The minimum absolute atomic E-state index is 0.0329. The number of nitrogens with one attached hydrogen (secondary N) is 1. The summed E-state index contributed by atoms with van der Waals surface area (Å²) >= 11 is 0. The molecule has 1 aliphatic rings. The highest BCUT2D eigenvalue weighted by Crippen LogP contribution is 2.23. The summed E-state index contributed by atoms with van der Waals surface area (Å²) in [4.78, 5) is 26.9. The van der Waals surface area contributed by atoms with E-state index in [9.17, 15) is 18.0 Å². The lowest BCUT2D eigenvalue weighted by Crippen LogP contribution is -2.43. The molecule has 12 heteroatoms. The van der Waals surface area contributed by atoms with Crippen molar-refractivity contribution in [2.24, 2.45) is 0 Å². The van der Waals surface area contributed by atoms with Crippen LogP contribution >= 0.6 is 0 Å². The second-order valence-electron chi connectivity index (χ2n) is 6.57. The van der Waals surface area contributed by atoms with Crippen molar-refractivity contribution in [3.63, 3.8) is 0 Å². The number of ether oxygens (including phenoxy) is 1. The van der Waals surface area contributed by atoms with E-state index in [1.54, 1.807) is 17.3 Å². The number of urea groups is 1. The second kappa shape index (κ2) is 11.2. The van der Waals surface area contributed by atoms with Crippen molar-refractivity contribution >= 4 is 12.0 Å². The molecule has 9 nitrogen and oxygen atoms in total. The van der Waals surface area contributed by atoms with Crippen LogP contribution in [0.2, 0.25) is 0 Å². The zero-order valence-electron chi connectivity index (χ0n) is 16.8. The summed E-state index contributed by atoms with van der Waals surface area (Å²) < 4.78 is 42.8. The Bertz CT molecular complexity index is 858. The van der Waals surface area contributed by atoms with E-state index in [1.807, 2.05) is 12.1 Å². The Balaban J connectivity index is 0.000000423. The van der Waals surface area contributed by atoms with Crippen molar-refractivity contribution in [3.8, 4) is 5.75 Å². The quantitative estimate of drug-likeness (QED) is 0.657. The summed E-state index contributed by atoms with van der Waals surface area (Å²) in [5, 5.41) is 14.2. The Kier molecular flexibility index (Phi) is 8.64. The van der Waals surface area contributed by atoms with Gasteiger partial charge in [-0.15, -0.1) is 0 Å². The van der Waals surface area contributed by atoms with E-state index < -0.39 is 12.1 Å². The number of carbonyl (C=O) groups excluding carboxylic acids is 1. The number of fused-ring (bicyclic) bond motifs is 1. The van der Waals surface area contributed by atoms with Gasteiger partial charge in [-0.1, -0.05) is 18.5 Å². The Hall–Kier alpha value is -3.31. The zero-order valence-corrected chi connectivity index (χ0v) is 16.8. The van der Waals surface area contributed by atoms with Gasteiger partial charge in [-0.3, -0.25) is 4.98 Å². The number of rotatable bonds is 6. The van der Waals surface area contributed by atoms with Crippen LogP contribution in [0.4, 0.5) is 18.0 Å². The van der Waals surface area contributed by atoms with Gasteiger partial charge >= 0.3 is 18.2 Å². The van der Waals surface area contributed by atoms with Crippen molar-refractivity contribution in [2.45, 2.75) is 45.5 Å². The van der Waals surface area contributed by atoms with E-state index in [2.05, 4.69) is 22.4 Å². The molecule has 0 saturated carbocycles. The third-order valence-electron chi connectivity index (χ3n) is 4.25. The molecule has 0 atom stereocenters. The SMILES string of the molecule is CCCCNC(=O)N1CCc2onc(COc3cccnc3)c2C1.O=C(O)C(F)(F)F. The van der Waals surface area contributed by atoms with E-state index in [-0.39, 0.29) is 6.03 Å². The number of hydrogen-bond donors (Lipinski definition) is 2. The van der Waals surface area contributed by atoms with Crippen LogP contribution in [-0.2, 0) is 24.4 Å². The maximum atomic E-state index is 12.2. The van der Waals surface area contributed by atoms with E-state index in [0.29, 0.717) is 38.4 Å². The number of pyridine rings is 1. The number of carboxylic acid groups (broad SMARTS) is 1. The highest BCUT2D eigenvalue weighted by molar-refractivity contribution is 5.74. The first-order valence-electron chi connectivity index (χ1n) is 9.54. The molecule has 1 aliphatic heterocycles. The molecule has 0 unspecified atom stereocenters. The Morgan fingerprint density at radius 1 is 1.39 bits per heavy atom. The van der Waals surface area contributed by atoms with Crippen LogP contribution < -0.4 is 10.1 Å². The van der Waals surface area contributed by atoms with Crippen molar-refractivity contribution < 1.29 is 37.1 Å². The van der Waals surface area contributed by atoms with Crippen molar-refractivity contribution in [1.29, 1.82) is 0 Å². The zero-order chi connectivity index (χ0) is 22.9. The number of unbranched alkanes of at least 4 members (excludes halogenated alkanes) is 1. The van der Waals surface area contributed by atoms with Crippen molar-refractivity contribution in [1.82, 2.24) is 20.4 Å². The van der Waals surface area contributed by atoms with Crippen LogP contribution in [0.3, 0.4) is 0 Å². The fourth-order valence-electron chi connectivity index (χ4n) is 2.62. The van der Waals surface area contributed by atoms with Gasteiger partial charge in [0.1, 0.15) is 23.8 Å². The fourth-order valence-corrected chi connectivity index (χ4v) is 2.62. The lowest BCUT2D eigenvalue weighted by molar-refractivity contribution is -0.192. The van der Waals surface area contributed by atoms with Crippen LogP contribution in [0.25, 0.3) is 0 Å². The van der Waals surface area contributed by atoms with Crippen molar-refractivity contribution in [3.05, 3.63) is 41.5 Å². The summed E-state index contributed by atoms with van der Waals surface area (Å²) in [5.74, 6) is -1.23. The van der Waals surface area contributed by atoms with Crippen molar-refractivity contribution in [2.75, 3.05) is 13.1 Å². The first-order chi connectivity index (χ1) is 14.7. The smallest absolute Gasteiger partial charge is 0.486 e. The second-order valence-corrected chi connectivity index (χ2v) is 6.57. The Morgan fingerprint density at radius 3 is 2.74 bits per heavy atom. The molecule has 0 bridgehead atoms. The number of aliphatic carboxylic acids is 1. The molecule has 170 valence electrons. The minimum atomic E-state index is -5.08. The average molecular weight is 444 g/mol. The van der Waals surface area contributed by atoms with Crippen LogP contribution in [0, 0.1) is 0 Å². The number of hydrogen-bond acceptors (Lipinski definition) is 6. The van der Waals surface area contributed by atoms with E-state index in [1.165, 1.54) is 0 Å². The molecule has 2 amide bonds. The van der Waals surface area contributed by atoms with Gasteiger partial charge in [0.15, 0.2) is 0 Å². The summed E-state index contributed by atoms with van der Waals surface area (Å²) in [7, 11) is 0. The van der Waals surface area contributed by atoms with E-state index >= 15 is 0 Å².